The summed E-state index contributed by atoms with van der Waals surface area (Å²) in [6.07, 6.45) is 5.39. The molecule has 0 radical (unpaired) electrons. The molecule has 2 aromatic rings. The summed E-state index contributed by atoms with van der Waals surface area (Å²) in [5.74, 6) is -0.0296. The van der Waals surface area contributed by atoms with Crippen LogP contribution in [0.25, 0.3) is 0 Å². The summed E-state index contributed by atoms with van der Waals surface area (Å²) in [4.78, 5) is 18.9. The van der Waals surface area contributed by atoms with Crippen LogP contribution in [0.3, 0.4) is 0 Å². The zero-order valence-corrected chi connectivity index (χ0v) is 15.3. The van der Waals surface area contributed by atoms with Crippen molar-refractivity contribution in [1.82, 2.24) is 39.5 Å². The summed E-state index contributed by atoms with van der Waals surface area (Å²) in [5.41, 5.74) is 0.496. The molecule has 0 bridgehead atoms. The van der Waals surface area contributed by atoms with E-state index in [4.69, 9.17) is 0 Å². The Kier molecular flexibility index (Phi) is 5.14. The molecule has 1 aliphatic rings. The van der Waals surface area contributed by atoms with Gasteiger partial charge in [0, 0.05) is 32.0 Å². The monoisotopic (exact) mass is 346 g/mol. The van der Waals surface area contributed by atoms with Gasteiger partial charge < -0.3 is 14.7 Å². The fourth-order valence-electron chi connectivity index (χ4n) is 3.16. The normalized spacial score (nSPS) is 20.8. The molecule has 1 amide bonds. The van der Waals surface area contributed by atoms with Crippen molar-refractivity contribution in [3.63, 3.8) is 0 Å². The van der Waals surface area contributed by atoms with Crippen molar-refractivity contribution in [2.24, 2.45) is 0 Å². The number of rotatable bonds is 6. The van der Waals surface area contributed by atoms with E-state index < -0.39 is 0 Å². The molecule has 0 spiro atoms. The minimum atomic E-state index is -0.0296. The molecule has 2 atom stereocenters. The lowest BCUT2D eigenvalue weighted by atomic mass is 10.1. The molecule has 9 heteroatoms. The highest BCUT2D eigenvalue weighted by atomic mass is 16.2. The Balaban J connectivity index is 1.70. The van der Waals surface area contributed by atoms with Gasteiger partial charge >= 0.3 is 0 Å². The van der Waals surface area contributed by atoms with Gasteiger partial charge in [0.25, 0.3) is 5.91 Å². The number of hydrogen-bond donors (Lipinski definition) is 0. The molecule has 0 N–H and O–H groups in total. The molecular weight excluding hydrogens is 320 g/mol. The van der Waals surface area contributed by atoms with Crippen LogP contribution in [-0.2, 0) is 6.54 Å². The second kappa shape index (κ2) is 7.32. The Labute approximate surface area is 147 Å². The van der Waals surface area contributed by atoms with Crippen LogP contribution >= 0.6 is 0 Å². The first-order chi connectivity index (χ1) is 12.0. The number of nitrogens with zero attached hydrogens (tertiary/aromatic N) is 8. The lowest BCUT2D eigenvalue weighted by molar-refractivity contribution is 0.0774. The number of carbonyl (C=O) groups excluding carboxylic acids is 1. The number of likely N-dealkylation sites (tertiary alicyclic amines) is 1. The molecule has 0 saturated carbocycles. The van der Waals surface area contributed by atoms with E-state index in [0.717, 1.165) is 13.1 Å². The Morgan fingerprint density at radius 3 is 2.68 bits per heavy atom. The third-order valence-electron chi connectivity index (χ3n) is 4.63. The average molecular weight is 346 g/mol. The number of aromatic nitrogens is 5. The quantitative estimate of drug-likeness (QED) is 0.713. The molecule has 3 rings (SSSR count). The molecule has 9 nitrogen and oxygen atoms in total. The zero-order valence-electron chi connectivity index (χ0n) is 15.3. The highest BCUT2D eigenvalue weighted by Gasteiger charge is 2.38. The third kappa shape index (κ3) is 3.88. The standard InChI is InChI=1S/C16H26N8O/c1-20(2)9-10-23-7-5-13(18-23)16(25)22-11-14(21(3)4)15(12-22)24-8-6-17-19-24/h5-8,14-15H,9-12H2,1-4H3/t14-,15+/m1/s1. The lowest BCUT2D eigenvalue weighted by Crippen LogP contribution is -2.37. The lowest BCUT2D eigenvalue weighted by Gasteiger charge is -2.24. The molecular formula is C16H26N8O. The van der Waals surface area contributed by atoms with E-state index >= 15 is 0 Å². The Morgan fingerprint density at radius 2 is 2.04 bits per heavy atom. The smallest absolute Gasteiger partial charge is 0.274 e. The average Bonchev–Trinajstić information content (AvgIpc) is 3.30. The maximum Gasteiger partial charge on any atom is 0.274 e. The molecule has 0 aromatic carbocycles. The van der Waals surface area contributed by atoms with Crippen LogP contribution < -0.4 is 0 Å². The SMILES string of the molecule is CN(C)CCn1ccc(C(=O)N2C[C@@H](N(C)C)[C@@H](n3ccnn3)C2)n1. The summed E-state index contributed by atoms with van der Waals surface area (Å²) in [6, 6.07) is 2.09. The van der Waals surface area contributed by atoms with Crippen molar-refractivity contribution in [2.75, 3.05) is 47.8 Å². The van der Waals surface area contributed by atoms with Crippen molar-refractivity contribution in [2.45, 2.75) is 18.6 Å². The summed E-state index contributed by atoms with van der Waals surface area (Å²) in [7, 11) is 8.09. The molecule has 2 aromatic heterocycles. The first-order valence-corrected chi connectivity index (χ1v) is 8.45. The van der Waals surface area contributed by atoms with Gasteiger partial charge in [-0.05, 0) is 34.3 Å². The van der Waals surface area contributed by atoms with Gasteiger partial charge in [0.1, 0.15) is 5.69 Å². The minimum Gasteiger partial charge on any atom is -0.333 e. The number of carbonyl (C=O) groups is 1. The Bertz CT molecular complexity index is 693. The molecule has 1 fully saturated rings. The first kappa shape index (κ1) is 17.6. The highest BCUT2D eigenvalue weighted by molar-refractivity contribution is 5.92. The highest BCUT2D eigenvalue weighted by Crippen LogP contribution is 2.25. The largest absolute Gasteiger partial charge is 0.333 e. The maximum atomic E-state index is 12.9. The predicted octanol–water partition coefficient (Wildman–Crippen LogP) is -0.336. The van der Waals surface area contributed by atoms with Crippen LogP contribution in [0.2, 0.25) is 0 Å². The van der Waals surface area contributed by atoms with Crippen molar-refractivity contribution in [3.05, 3.63) is 30.4 Å². The van der Waals surface area contributed by atoms with Crippen LogP contribution in [0.1, 0.15) is 16.5 Å². The van der Waals surface area contributed by atoms with Crippen LogP contribution in [0, 0.1) is 0 Å². The van der Waals surface area contributed by atoms with E-state index in [1.165, 1.54) is 0 Å². The van der Waals surface area contributed by atoms with E-state index in [1.807, 2.05) is 54.8 Å². The predicted molar refractivity (Wildman–Crippen MR) is 93.2 cm³/mol. The fraction of sp³-hybridized carbons (Fsp3) is 0.625. The number of amides is 1. The van der Waals surface area contributed by atoms with Crippen molar-refractivity contribution >= 4 is 5.91 Å². The maximum absolute atomic E-state index is 12.9. The summed E-state index contributed by atoms with van der Waals surface area (Å²) in [6.45, 7) is 2.91. The fourth-order valence-corrected chi connectivity index (χ4v) is 3.16. The summed E-state index contributed by atoms with van der Waals surface area (Å²) >= 11 is 0. The van der Waals surface area contributed by atoms with Gasteiger partial charge in [-0.2, -0.15) is 5.10 Å². The Morgan fingerprint density at radius 1 is 1.24 bits per heavy atom. The first-order valence-electron chi connectivity index (χ1n) is 8.45. The van der Waals surface area contributed by atoms with E-state index in [1.54, 1.807) is 12.3 Å². The van der Waals surface area contributed by atoms with Crippen LogP contribution in [0.15, 0.2) is 24.7 Å². The third-order valence-corrected chi connectivity index (χ3v) is 4.63. The van der Waals surface area contributed by atoms with Crippen LogP contribution in [-0.4, -0.2) is 99.2 Å². The van der Waals surface area contributed by atoms with Crippen LogP contribution in [0.5, 0.6) is 0 Å². The van der Waals surface area contributed by atoms with Gasteiger partial charge in [0.15, 0.2) is 0 Å². The topological polar surface area (TPSA) is 75.3 Å². The molecule has 3 heterocycles. The van der Waals surface area contributed by atoms with Gasteiger partial charge in [-0.25, -0.2) is 4.68 Å². The molecule has 0 aliphatic carbocycles. The molecule has 25 heavy (non-hydrogen) atoms. The van der Waals surface area contributed by atoms with Gasteiger partial charge in [-0.1, -0.05) is 5.21 Å². The summed E-state index contributed by atoms with van der Waals surface area (Å²) in [5, 5.41) is 12.5. The second-order valence-electron chi connectivity index (χ2n) is 6.96. The van der Waals surface area contributed by atoms with E-state index in [9.17, 15) is 4.79 Å². The van der Waals surface area contributed by atoms with E-state index in [-0.39, 0.29) is 18.0 Å². The number of hydrogen-bond acceptors (Lipinski definition) is 6. The zero-order chi connectivity index (χ0) is 18.0. The Hall–Kier alpha value is -2.26. The van der Waals surface area contributed by atoms with Gasteiger partial charge in [-0.3, -0.25) is 9.48 Å². The number of likely N-dealkylation sites (N-methyl/N-ethyl adjacent to an activating group) is 2. The van der Waals surface area contributed by atoms with Crippen LogP contribution in [0.4, 0.5) is 0 Å². The summed E-state index contributed by atoms with van der Waals surface area (Å²) < 4.78 is 3.66. The molecule has 136 valence electrons. The minimum absolute atomic E-state index is 0.0296. The van der Waals surface area contributed by atoms with Gasteiger partial charge in [0.2, 0.25) is 0 Å². The van der Waals surface area contributed by atoms with Crippen molar-refractivity contribution in [1.29, 1.82) is 0 Å². The second-order valence-corrected chi connectivity index (χ2v) is 6.96. The van der Waals surface area contributed by atoms with Gasteiger partial charge in [-0.15, -0.1) is 5.10 Å². The van der Waals surface area contributed by atoms with Crippen molar-refractivity contribution in [3.8, 4) is 0 Å². The molecule has 0 unspecified atom stereocenters. The van der Waals surface area contributed by atoms with Crippen molar-refractivity contribution < 1.29 is 4.79 Å². The van der Waals surface area contributed by atoms with E-state index in [0.29, 0.717) is 18.8 Å². The molecule has 1 aliphatic heterocycles. The molecule has 1 saturated heterocycles. The van der Waals surface area contributed by atoms with Gasteiger partial charge in [0.05, 0.1) is 24.8 Å². The van der Waals surface area contributed by atoms with E-state index in [2.05, 4.69) is 25.2 Å².